The van der Waals surface area contributed by atoms with Gasteiger partial charge in [0.05, 0.1) is 6.26 Å². The van der Waals surface area contributed by atoms with Crippen LogP contribution in [0.3, 0.4) is 0 Å². The zero-order chi connectivity index (χ0) is 17.0. The highest BCUT2D eigenvalue weighted by Gasteiger charge is 2.19. The second kappa shape index (κ2) is 13.2. The number of halogens is 1. The Morgan fingerprint density at radius 1 is 1.44 bits per heavy atom. The van der Waals surface area contributed by atoms with E-state index < -0.39 is 0 Å². The smallest absolute Gasteiger partial charge is 0.191 e. The van der Waals surface area contributed by atoms with Crippen molar-refractivity contribution in [1.29, 1.82) is 0 Å². The van der Waals surface area contributed by atoms with Crippen molar-refractivity contribution >= 4 is 29.9 Å². The van der Waals surface area contributed by atoms with E-state index in [-0.39, 0.29) is 24.0 Å². The first-order valence-electron chi connectivity index (χ1n) is 9.22. The number of aliphatic imine (C=N–C) groups is 1. The Labute approximate surface area is 169 Å². The minimum atomic E-state index is 0. The fourth-order valence-electron chi connectivity index (χ4n) is 2.93. The van der Waals surface area contributed by atoms with Crippen LogP contribution in [0.5, 0.6) is 0 Å². The lowest BCUT2D eigenvalue weighted by atomic mass is 10.0. The van der Waals surface area contributed by atoms with Crippen molar-refractivity contribution < 1.29 is 4.42 Å². The van der Waals surface area contributed by atoms with Crippen LogP contribution >= 0.6 is 24.0 Å². The molecule has 2 N–H and O–H groups in total. The van der Waals surface area contributed by atoms with Crippen molar-refractivity contribution in [2.45, 2.75) is 45.1 Å². The van der Waals surface area contributed by atoms with Crippen molar-refractivity contribution in [2.24, 2.45) is 4.99 Å². The molecule has 0 spiro atoms. The van der Waals surface area contributed by atoms with Crippen LogP contribution in [-0.2, 0) is 6.42 Å². The molecule has 6 heteroatoms. The number of furan rings is 1. The molecule has 1 aliphatic rings. The second-order valence-electron chi connectivity index (χ2n) is 6.34. The van der Waals surface area contributed by atoms with Crippen LogP contribution in [0.1, 0.15) is 38.4 Å². The van der Waals surface area contributed by atoms with Gasteiger partial charge in [-0.25, -0.2) is 0 Å². The van der Waals surface area contributed by atoms with E-state index >= 15 is 0 Å². The molecule has 0 aliphatic carbocycles. The molecule has 1 aromatic heterocycles. The van der Waals surface area contributed by atoms with Crippen LogP contribution in [0.25, 0.3) is 0 Å². The number of hydrogen-bond donors (Lipinski definition) is 2. The Kier molecular flexibility index (Phi) is 11.6. The molecule has 1 aromatic rings. The Bertz CT molecular complexity index is 482. The number of unbranched alkanes of at least 4 members (excludes halogenated alkanes) is 1. The minimum Gasteiger partial charge on any atom is -0.469 e. The summed E-state index contributed by atoms with van der Waals surface area (Å²) in [5, 5.41) is 6.90. The first-order valence-corrected chi connectivity index (χ1v) is 9.22. The average molecular weight is 460 g/mol. The molecule has 25 heavy (non-hydrogen) atoms. The third-order valence-electron chi connectivity index (χ3n) is 4.38. The topological polar surface area (TPSA) is 52.8 Å². The molecule has 142 valence electrons. The molecule has 1 aliphatic heterocycles. The van der Waals surface area contributed by atoms with Crippen LogP contribution in [0.15, 0.2) is 40.5 Å². The lowest BCUT2D eigenvalue weighted by Crippen LogP contribution is -2.49. The number of likely N-dealkylation sites (tertiary alicyclic amines) is 1. The molecule has 5 nitrogen and oxygen atoms in total. The standard InChI is InChI=1S/C19H32N4O.HI/c1-3-5-13-23-14-9-17(10-15-23)22-19(20-11-4-2)21-12-8-18-7-6-16-24-18;/h4,6-7,16-17H,2-3,5,8-15H2,1H3,(H2,20,21,22);1H. The van der Waals surface area contributed by atoms with Gasteiger partial charge in [0.2, 0.25) is 0 Å². The van der Waals surface area contributed by atoms with E-state index in [1.54, 1.807) is 6.26 Å². The van der Waals surface area contributed by atoms with Crippen LogP contribution in [0.2, 0.25) is 0 Å². The lowest BCUT2D eigenvalue weighted by molar-refractivity contribution is 0.203. The second-order valence-corrected chi connectivity index (χ2v) is 6.34. The fourth-order valence-corrected chi connectivity index (χ4v) is 2.93. The summed E-state index contributed by atoms with van der Waals surface area (Å²) in [6, 6.07) is 4.41. The molecule has 2 heterocycles. The molecule has 0 amide bonds. The Morgan fingerprint density at radius 3 is 2.88 bits per heavy atom. The first-order chi connectivity index (χ1) is 11.8. The number of nitrogens with one attached hydrogen (secondary N) is 2. The van der Waals surface area contributed by atoms with Gasteiger partial charge in [0, 0.05) is 38.6 Å². The zero-order valence-corrected chi connectivity index (χ0v) is 17.7. The molecule has 2 rings (SSSR count). The maximum atomic E-state index is 5.36. The van der Waals surface area contributed by atoms with Gasteiger partial charge >= 0.3 is 0 Å². The third-order valence-corrected chi connectivity index (χ3v) is 4.38. The van der Waals surface area contributed by atoms with Crippen LogP contribution in [0.4, 0.5) is 0 Å². The summed E-state index contributed by atoms with van der Waals surface area (Å²) in [5.41, 5.74) is 0. The Hall–Kier alpha value is -1.02. The zero-order valence-electron chi connectivity index (χ0n) is 15.4. The van der Waals surface area contributed by atoms with E-state index in [9.17, 15) is 0 Å². The van der Waals surface area contributed by atoms with Crippen molar-refractivity contribution in [3.05, 3.63) is 36.8 Å². The Balaban J connectivity index is 0.00000312. The number of guanidine groups is 1. The number of hydrogen-bond acceptors (Lipinski definition) is 3. The SMILES string of the molecule is C=CCNC(=NCCc1ccco1)NC1CCN(CCCC)CC1.I. The van der Waals surface area contributed by atoms with E-state index in [4.69, 9.17) is 4.42 Å². The molecule has 0 atom stereocenters. The molecule has 0 radical (unpaired) electrons. The van der Waals surface area contributed by atoms with Gasteiger partial charge in [-0.2, -0.15) is 0 Å². The molecule has 0 aromatic carbocycles. The molecule has 1 saturated heterocycles. The quantitative estimate of drug-likeness (QED) is 0.257. The third kappa shape index (κ3) is 8.76. The molecule has 0 unspecified atom stereocenters. The number of piperidine rings is 1. The van der Waals surface area contributed by atoms with E-state index in [1.165, 1.54) is 45.3 Å². The van der Waals surface area contributed by atoms with Crippen molar-refractivity contribution in [2.75, 3.05) is 32.7 Å². The summed E-state index contributed by atoms with van der Waals surface area (Å²) in [7, 11) is 0. The summed E-state index contributed by atoms with van der Waals surface area (Å²) in [6.45, 7) is 11.1. The lowest BCUT2D eigenvalue weighted by Gasteiger charge is -2.33. The van der Waals surface area contributed by atoms with Gasteiger partial charge in [0.1, 0.15) is 5.76 Å². The van der Waals surface area contributed by atoms with Gasteiger partial charge in [-0.1, -0.05) is 19.4 Å². The predicted octanol–water partition coefficient (Wildman–Crippen LogP) is 3.43. The van der Waals surface area contributed by atoms with Crippen molar-refractivity contribution in [1.82, 2.24) is 15.5 Å². The van der Waals surface area contributed by atoms with Gasteiger partial charge in [0.25, 0.3) is 0 Å². The summed E-state index contributed by atoms with van der Waals surface area (Å²) in [6.07, 6.45) is 9.32. The van der Waals surface area contributed by atoms with Crippen LogP contribution in [-0.4, -0.2) is 49.6 Å². The molecule has 0 saturated carbocycles. The number of rotatable bonds is 9. The normalized spacial score (nSPS) is 16.3. The maximum Gasteiger partial charge on any atom is 0.191 e. The average Bonchev–Trinajstić information content (AvgIpc) is 3.12. The van der Waals surface area contributed by atoms with Gasteiger partial charge in [-0.3, -0.25) is 4.99 Å². The first kappa shape index (κ1) is 22.0. The van der Waals surface area contributed by atoms with Crippen LogP contribution in [0, 0.1) is 0 Å². The summed E-state index contributed by atoms with van der Waals surface area (Å²) < 4.78 is 5.36. The fraction of sp³-hybridized carbons (Fsp3) is 0.632. The summed E-state index contributed by atoms with van der Waals surface area (Å²) >= 11 is 0. The van der Waals surface area contributed by atoms with E-state index in [1.807, 2.05) is 18.2 Å². The summed E-state index contributed by atoms with van der Waals surface area (Å²) in [5.74, 6) is 1.86. The van der Waals surface area contributed by atoms with Crippen molar-refractivity contribution in [3.63, 3.8) is 0 Å². The highest BCUT2D eigenvalue weighted by Crippen LogP contribution is 2.11. The molecular formula is C19H33IN4O. The number of nitrogens with zero attached hydrogens (tertiary/aromatic N) is 2. The van der Waals surface area contributed by atoms with E-state index in [2.05, 4.69) is 34.0 Å². The largest absolute Gasteiger partial charge is 0.469 e. The van der Waals surface area contributed by atoms with Crippen molar-refractivity contribution in [3.8, 4) is 0 Å². The van der Waals surface area contributed by atoms with Gasteiger partial charge in [-0.15, -0.1) is 30.6 Å². The van der Waals surface area contributed by atoms with E-state index in [0.717, 1.165) is 31.2 Å². The van der Waals surface area contributed by atoms with Gasteiger partial charge in [0.15, 0.2) is 5.96 Å². The maximum absolute atomic E-state index is 5.36. The monoisotopic (exact) mass is 460 g/mol. The van der Waals surface area contributed by atoms with Gasteiger partial charge in [-0.05, 0) is 37.9 Å². The molecule has 0 bridgehead atoms. The molecular weight excluding hydrogens is 427 g/mol. The van der Waals surface area contributed by atoms with Gasteiger partial charge < -0.3 is 20.0 Å². The summed E-state index contributed by atoms with van der Waals surface area (Å²) in [4.78, 5) is 7.25. The minimum absolute atomic E-state index is 0. The predicted molar refractivity (Wildman–Crippen MR) is 116 cm³/mol. The highest BCUT2D eigenvalue weighted by molar-refractivity contribution is 14.0. The highest BCUT2D eigenvalue weighted by atomic mass is 127. The van der Waals surface area contributed by atoms with E-state index in [0.29, 0.717) is 6.04 Å². The van der Waals surface area contributed by atoms with Crippen LogP contribution < -0.4 is 10.6 Å². The molecule has 1 fully saturated rings. The Morgan fingerprint density at radius 2 is 2.24 bits per heavy atom.